The lowest BCUT2D eigenvalue weighted by Crippen LogP contribution is -2.26. The summed E-state index contributed by atoms with van der Waals surface area (Å²) in [7, 11) is 0. The summed E-state index contributed by atoms with van der Waals surface area (Å²) in [6, 6.07) is 4.25. The van der Waals surface area contributed by atoms with E-state index in [0.29, 0.717) is 6.10 Å². The van der Waals surface area contributed by atoms with Crippen molar-refractivity contribution in [1.82, 2.24) is 5.32 Å². The van der Waals surface area contributed by atoms with E-state index in [1.54, 1.807) is 11.3 Å². The van der Waals surface area contributed by atoms with Crippen LogP contribution in [-0.2, 0) is 11.3 Å². The largest absolute Gasteiger partial charge is 0.377 e. The molecule has 17 heavy (non-hydrogen) atoms. The molecule has 0 amide bonds. The molecule has 0 fully saturated rings. The molecule has 0 aliphatic rings. The SMILES string of the molecule is CCCCCCOC(C)CNCc1cccs1. The highest BCUT2D eigenvalue weighted by atomic mass is 32.1. The van der Waals surface area contributed by atoms with Gasteiger partial charge in [-0.05, 0) is 24.8 Å². The van der Waals surface area contributed by atoms with Gasteiger partial charge in [0.05, 0.1) is 6.10 Å². The summed E-state index contributed by atoms with van der Waals surface area (Å²) >= 11 is 1.80. The molecule has 98 valence electrons. The van der Waals surface area contributed by atoms with E-state index in [2.05, 4.69) is 36.7 Å². The van der Waals surface area contributed by atoms with Crippen molar-refractivity contribution in [1.29, 1.82) is 0 Å². The normalized spacial score (nSPS) is 12.8. The zero-order valence-electron chi connectivity index (χ0n) is 11.1. The minimum absolute atomic E-state index is 0.316. The van der Waals surface area contributed by atoms with Gasteiger partial charge < -0.3 is 10.1 Å². The summed E-state index contributed by atoms with van der Waals surface area (Å²) in [6.07, 6.45) is 5.43. The van der Waals surface area contributed by atoms with Gasteiger partial charge in [-0.25, -0.2) is 0 Å². The molecular weight excluding hydrogens is 230 g/mol. The second-order valence-electron chi connectivity index (χ2n) is 4.45. The molecular formula is C14H25NOS. The van der Waals surface area contributed by atoms with E-state index >= 15 is 0 Å². The predicted octanol–water partition coefficient (Wildman–Crippen LogP) is 3.82. The first-order chi connectivity index (χ1) is 8.33. The van der Waals surface area contributed by atoms with Crippen LogP contribution in [0, 0.1) is 0 Å². The molecule has 1 atom stereocenters. The van der Waals surface area contributed by atoms with Gasteiger partial charge in [0.1, 0.15) is 0 Å². The molecule has 0 bridgehead atoms. The number of thiophene rings is 1. The molecule has 3 heteroatoms. The van der Waals surface area contributed by atoms with E-state index in [4.69, 9.17) is 4.74 Å². The van der Waals surface area contributed by atoms with Gasteiger partial charge >= 0.3 is 0 Å². The van der Waals surface area contributed by atoms with Gasteiger partial charge in [0.25, 0.3) is 0 Å². The number of nitrogens with one attached hydrogen (secondary N) is 1. The monoisotopic (exact) mass is 255 g/mol. The molecule has 0 aromatic carbocycles. The molecule has 2 nitrogen and oxygen atoms in total. The molecule has 1 aromatic rings. The first kappa shape index (κ1) is 14.7. The predicted molar refractivity (Wildman–Crippen MR) is 75.6 cm³/mol. The second kappa shape index (κ2) is 9.63. The Balaban J connectivity index is 1.92. The molecule has 1 rings (SSSR count). The summed E-state index contributed by atoms with van der Waals surface area (Å²) in [4.78, 5) is 1.39. The van der Waals surface area contributed by atoms with Crippen LogP contribution in [0.1, 0.15) is 44.4 Å². The fourth-order valence-electron chi connectivity index (χ4n) is 1.68. The maximum absolute atomic E-state index is 5.75. The smallest absolute Gasteiger partial charge is 0.0671 e. The average Bonchev–Trinajstić information content (AvgIpc) is 2.82. The minimum atomic E-state index is 0.316. The average molecular weight is 255 g/mol. The van der Waals surface area contributed by atoms with Crippen LogP contribution in [0.3, 0.4) is 0 Å². The summed E-state index contributed by atoms with van der Waals surface area (Å²) in [5.41, 5.74) is 0. The zero-order chi connectivity index (χ0) is 12.3. The van der Waals surface area contributed by atoms with Gasteiger partial charge in [-0.1, -0.05) is 32.3 Å². The van der Waals surface area contributed by atoms with E-state index < -0.39 is 0 Å². The topological polar surface area (TPSA) is 21.3 Å². The minimum Gasteiger partial charge on any atom is -0.377 e. The van der Waals surface area contributed by atoms with E-state index in [1.165, 1.54) is 30.6 Å². The Hall–Kier alpha value is -0.380. The van der Waals surface area contributed by atoms with Gasteiger partial charge in [-0.3, -0.25) is 0 Å². The van der Waals surface area contributed by atoms with E-state index in [0.717, 1.165) is 19.7 Å². The van der Waals surface area contributed by atoms with Crippen LogP contribution in [0.25, 0.3) is 0 Å². The van der Waals surface area contributed by atoms with Crippen molar-refractivity contribution in [2.45, 2.75) is 52.2 Å². The molecule has 0 radical (unpaired) electrons. The van der Waals surface area contributed by atoms with Gasteiger partial charge in [0.2, 0.25) is 0 Å². The Kier molecular flexibility index (Phi) is 8.32. The van der Waals surface area contributed by atoms with Gasteiger partial charge in [0, 0.05) is 24.6 Å². The quantitative estimate of drug-likeness (QED) is 0.642. The van der Waals surface area contributed by atoms with Crippen molar-refractivity contribution in [2.24, 2.45) is 0 Å². The molecule has 0 spiro atoms. The molecule has 0 saturated heterocycles. The van der Waals surface area contributed by atoms with Crippen LogP contribution in [0.15, 0.2) is 17.5 Å². The third-order valence-corrected chi connectivity index (χ3v) is 3.59. The summed E-state index contributed by atoms with van der Waals surface area (Å²) < 4.78 is 5.75. The lowest BCUT2D eigenvalue weighted by atomic mass is 10.2. The number of hydrogen-bond acceptors (Lipinski definition) is 3. The van der Waals surface area contributed by atoms with Gasteiger partial charge in [-0.15, -0.1) is 11.3 Å². The number of rotatable bonds is 10. The van der Waals surface area contributed by atoms with Gasteiger partial charge in [-0.2, -0.15) is 0 Å². The summed E-state index contributed by atoms with van der Waals surface area (Å²) in [5.74, 6) is 0. The Morgan fingerprint density at radius 2 is 2.24 bits per heavy atom. The van der Waals surface area contributed by atoms with Crippen molar-refractivity contribution in [2.75, 3.05) is 13.2 Å². The highest BCUT2D eigenvalue weighted by Gasteiger charge is 2.01. The zero-order valence-corrected chi connectivity index (χ0v) is 11.9. The summed E-state index contributed by atoms with van der Waals surface area (Å²) in [6.45, 7) is 7.17. The number of hydrogen-bond donors (Lipinski definition) is 1. The highest BCUT2D eigenvalue weighted by molar-refractivity contribution is 7.09. The Labute approximate surface area is 109 Å². The molecule has 0 aliphatic carbocycles. The molecule has 0 aliphatic heterocycles. The number of unbranched alkanes of at least 4 members (excludes halogenated alkanes) is 3. The lowest BCUT2D eigenvalue weighted by Gasteiger charge is -2.13. The maximum atomic E-state index is 5.75. The van der Waals surface area contributed by atoms with Crippen molar-refractivity contribution in [3.05, 3.63) is 22.4 Å². The van der Waals surface area contributed by atoms with Crippen LogP contribution in [0.5, 0.6) is 0 Å². The Morgan fingerprint density at radius 3 is 2.94 bits per heavy atom. The van der Waals surface area contributed by atoms with Crippen molar-refractivity contribution in [3.63, 3.8) is 0 Å². The third kappa shape index (κ3) is 7.53. The fourth-order valence-corrected chi connectivity index (χ4v) is 2.36. The number of ether oxygens (including phenoxy) is 1. The first-order valence-electron chi connectivity index (χ1n) is 6.67. The van der Waals surface area contributed by atoms with E-state index in [-0.39, 0.29) is 0 Å². The van der Waals surface area contributed by atoms with Crippen LogP contribution < -0.4 is 5.32 Å². The van der Waals surface area contributed by atoms with Crippen LogP contribution in [0.4, 0.5) is 0 Å². The third-order valence-electron chi connectivity index (χ3n) is 2.71. The van der Waals surface area contributed by atoms with E-state index in [9.17, 15) is 0 Å². The highest BCUT2D eigenvalue weighted by Crippen LogP contribution is 2.07. The summed E-state index contributed by atoms with van der Waals surface area (Å²) in [5, 5.41) is 5.54. The maximum Gasteiger partial charge on any atom is 0.0671 e. The van der Waals surface area contributed by atoms with Crippen molar-refractivity contribution < 1.29 is 4.74 Å². The van der Waals surface area contributed by atoms with Crippen molar-refractivity contribution >= 4 is 11.3 Å². The molecule has 1 heterocycles. The molecule has 0 saturated carbocycles. The standard InChI is InChI=1S/C14H25NOS/c1-3-4-5-6-9-16-13(2)11-15-12-14-8-7-10-17-14/h7-8,10,13,15H,3-6,9,11-12H2,1-2H3. The van der Waals surface area contributed by atoms with Crippen LogP contribution >= 0.6 is 11.3 Å². The first-order valence-corrected chi connectivity index (χ1v) is 7.55. The lowest BCUT2D eigenvalue weighted by molar-refractivity contribution is 0.0629. The molecule has 1 aromatic heterocycles. The second-order valence-corrected chi connectivity index (χ2v) is 5.48. The molecule has 1 unspecified atom stereocenters. The van der Waals surface area contributed by atoms with Gasteiger partial charge in [0.15, 0.2) is 0 Å². The Bertz CT molecular complexity index is 261. The molecule has 1 N–H and O–H groups in total. The Morgan fingerprint density at radius 1 is 1.35 bits per heavy atom. The van der Waals surface area contributed by atoms with Crippen LogP contribution in [0.2, 0.25) is 0 Å². The van der Waals surface area contributed by atoms with Crippen LogP contribution in [-0.4, -0.2) is 19.3 Å². The fraction of sp³-hybridized carbons (Fsp3) is 0.714. The van der Waals surface area contributed by atoms with E-state index in [1.807, 2.05) is 0 Å². The van der Waals surface area contributed by atoms with Crippen molar-refractivity contribution in [3.8, 4) is 0 Å².